The predicted molar refractivity (Wildman–Crippen MR) is 74.9 cm³/mol. The van der Waals surface area contributed by atoms with Gasteiger partial charge < -0.3 is 19.0 Å². The summed E-state index contributed by atoms with van der Waals surface area (Å²) in [7, 11) is -2.15. The Hall–Kier alpha value is -1.96. The number of hydrogen-bond acceptors (Lipinski definition) is 6. The minimum atomic E-state index is -3.60. The molecule has 1 aliphatic rings. The molecule has 8 heteroatoms. The normalized spacial score (nSPS) is 19.3. The van der Waals surface area contributed by atoms with Crippen LogP contribution in [0.25, 0.3) is 0 Å². The first-order valence-corrected chi connectivity index (χ1v) is 8.04. The summed E-state index contributed by atoms with van der Waals surface area (Å²) in [6, 6.07) is 4.65. The molecule has 0 radical (unpaired) electrons. The predicted octanol–water partition coefficient (Wildman–Crippen LogP) is 1.38. The number of ether oxygens (including phenoxy) is 2. The number of alkyl carbamates (subject to hydrolysis) is 1. The maximum atomic E-state index is 11.3. The molecule has 0 aliphatic carbocycles. The van der Waals surface area contributed by atoms with E-state index in [1.807, 2.05) is 13.8 Å². The lowest BCUT2D eigenvalue weighted by molar-refractivity contribution is -0.0558. The molecule has 2 rings (SSSR count). The molecule has 1 atom stereocenters. The lowest BCUT2D eigenvalue weighted by Crippen LogP contribution is -2.38. The molecule has 1 aromatic rings. The largest absolute Gasteiger partial charge is 0.453 e. The molecule has 1 aliphatic heterocycles. The minimum Gasteiger partial charge on any atom is -0.453 e. The van der Waals surface area contributed by atoms with Gasteiger partial charge in [-0.15, -0.1) is 0 Å². The number of rotatable bonds is 3. The molecule has 116 valence electrons. The van der Waals surface area contributed by atoms with E-state index >= 15 is 0 Å². The molecule has 1 N–H and O–H groups in total. The van der Waals surface area contributed by atoms with E-state index in [-0.39, 0.29) is 5.75 Å². The summed E-state index contributed by atoms with van der Waals surface area (Å²) in [6.07, 6.45) is -0.436. The Balaban J connectivity index is 2.31. The maximum absolute atomic E-state index is 11.3. The Bertz CT molecular complexity index is 667. The summed E-state index contributed by atoms with van der Waals surface area (Å²) in [5.41, 5.74) is 0.0659. The van der Waals surface area contributed by atoms with Crippen molar-refractivity contribution in [2.75, 3.05) is 13.3 Å². The second kappa shape index (κ2) is 5.10. The van der Waals surface area contributed by atoms with Crippen molar-refractivity contribution in [1.82, 2.24) is 5.32 Å². The molecule has 1 aromatic carbocycles. The van der Waals surface area contributed by atoms with Gasteiger partial charge in [-0.25, -0.2) is 4.79 Å². The van der Waals surface area contributed by atoms with Crippen LogP contribution in [0.5, 0.6) is 11.5 Å². The standard InChI is InChI=1S/C13H17NO6S/c1-13(2)9-7-8(20-21(4,16)17)5-6-10(9)18-11(13)19-12(15)14-3/h5-7,11H,1-4H3,(H,14,15). The number of fused-ring (bicyclic) bond motifs is 1. The van der Waals surface area contributed by atoms with Crippen LogP contribution in [0.1, 0.15) is 19.4 Å². The summed E-state index contributed by atoms with van der Waals surface area (Å²) in [4.78, 5) is 11.3. The van der Waals surface area contributed by atoms with Crippen LogP contribution in [0.4, 0.5) is 4.79 Å². The summed E-state index contributed by atoms with van der Waals surface area (Å²) in [5, 5.41) is 2.35. The van der Waals surface area contributed by atoms with Gasteiger partial charge in [-0.2, -0.15) is 8.42 Å². The average molecular weight is 315 g/mol. The molecule has 0 saturated carbocycles. The van der Waals surface area contributed by atoms with Crippen molar-refractivity contribution in [3.63, 3.8) is 0 Å². The van der Waals surface area contributed by atoms with E-state index in [1.54, 1.807) is 12.1 Å². The van der Waals surface area contributed by atoms with Gasteiger partial charge in [0, 0.05) is 12.6 Å². The van der Waals surface area contributed by atoms with Crippen molar-refractivity contribution in [3.05, 3.63) is 23.8 Å². The van der Waals surface area contributed by atoms with Crippen LogP contribution >= 0.6 is 0 Å². The lowest BCUT2D eigenvalue weighted by Gasteiger charge is -2.25. The van der Waals surface area contributed by atoms with E-state index in [0.29, 0.717) is 11.3 Å². The molecule has 0 aromatic heterocycles. The van der Waals surface area contributed by atoms with E-state index in [2.05, 4.69) is 5.32 Å². The van der Waals surface area contributed by atoms with E-state index in [0.717, 1.165) is 6.26 Å². The number of carbonyl (C=O) groups excluding carboxylic acids is 1. The van der Waals surface area contributed by atoms with Crippen molar-refractivity contribution in [2.45, 2.75) is 25.6 Å². The van der Waals surface area contributed by atoms with E-state index in [1.165, 1.54) is 13.1 Å². The van der Waals surface area contributed by atoms with E-state index in [4.69, 9.17) is 13.7 Å². The number of benzene rings is 1. The molecule has 1 heterocycles. The molecular formula is C13H17NO6S. The monoisotopic (exact) mass is 315 g/mol. The molecular weight excluding hydrogens is 298 g/mol. The zero-order chi connectivity index (χ0) is 15.8. The summed E-state index contributed by atoms with van der Waals surface area (Å²) in [6.45, 7) is 3.66. The molecule has 1 unspecified atom stereocenters. The Morgan fingerprint density at radius 2 is 2.05 bits per heavy atom. The SMILES string of the molecule is CNC(=O)OC1Oc2ccc(OS(C)(=O)=O)cc2C1(C)C. The quantitative estimate of drug-likeness (QED) is 0.847. The maximum Gasteiger partial charge on any atom is 0.409 e. The van der Waals surface area contributed by atoms with Gasteiger partial charge in [0.25, 0.3) is 6.29 Å². The highest BCUT2D eigenvalue weighted by molar-refractivity contribution is 7.86. The van der Waals surface area contributed by atoms with Crippen LogP contribution in [0, 0.1) is 0 Å². The van der Waals surface area contributed by atoms with Gasteiger partial charge in [0.2, 0.25) is 0 Å². The molecule has 0 fully saturated rings. The van der Waals surface area contributed by atoms with Gasteiger partial charge in [-0.1, -0.05) is 0 Å². The van der Waals surface area contributed by atoms with Gasteiger partial charge in [0.1, 0.15) is 11.5 Å². The topological polar surface area (TPSA) is 90.9 Å². The van der Waals surface area contributed by atoms with Crippen molar-refractivity contribution < 1.29 is 26.9 Å². The fourth-order valence-corrected chi connectivity index (χ4v) is 2.51. The lowest BCUT2D eigenvalue weighted by atomic mass is 9.85. The van der Waals surface area contributed by atoms with Crippen molar-refractivity contribution in [2.24, 2.45) is 0 Å². The Morgan fingerprint density at radius 1 is 1.38 bits per heavy atom. The first kappa shape index (κ1) is 15.4. The highest BCUT2D eigenvalue weighted by Gasteiger charge is 2.44. The fourth-order valence-electron chi connectivity index (χ4n) is 2.06. The zero-order valence-corrected chi connectivity index (χ0v) is 13.0. The Kier molecular flexibility index (Phi) is 3.75. The Labute approximate surface area is 123 Å². The van der Waals surface area contributed by atoms with Crippen LogP contribution in [0.3, 0.4) is 0 Å². The third kappa shape index (κ3) is 3.21. The fraction of sp³-hybridized carbons (Fsp3) is 0.462. The molecule has 0 spiro atoms. The highest BCUT2D eigenvalue weighted by Crippen LogP contribution is 2.44. The molecule has 0 bridgehead atoms. The van der Waals surface area contributed by atoms with Crippen LogP contribution in [0.2, 0.25) is 0 Å². The average Bonchev–Trinajstić information content (AvgIpc) is 2.60. The van der Waals surface area contributed by atoms with Gasteiger partial charge >= 0.3 is 16.2 Å². The smallest absolute Gasteiger partial charge is 0.409 e. The summed E-state index contributed by atoms with van der Waals surface area (Å²) in [5.74, 6) is 0.711. The summed E-state index contributed by atoms with van der Waals surface area (Å²) >= 11 is 0. The second-order valence-corrected chi connectivity index (χ2v) is 6.85. The Morgan fingerprint density at radius 3 is 2.62 bits per heavy atom. The highest BCUT2D eigenvalue weighted by atomic mass is 32.2. The van der Waals surface area contributed by atoms with Gasteiger partial charge in [-0.3, -0.25) is 0 Å². The second-order valence-electron chi connectivity index (χ2n) is 5.27. The van der Waals surface area contributed by atoms with Crippen LogP contribution in [-0.4, -0.2) is 34.1 Å². The van der Waals surface area contributed by atoms with Crippen molar-refractivity contribution in [1.29, 1.82) is 0 Å². The number of amides is 1. The van der Waals surface area contributed by atoms with Crippen LogP contribution in [0.15, 0.2) is 18.2 Å². The number of carbonyl (C=O) groups is 1. The van der Waals surface area contributed by atoms with Crippen LogP contribution in [-0.2, 0) is 20.3 Å². The molecule has 7 nitrogen and oxygen atoms in total. The van der Waals surface area contributed by atoms with Gasteiger partial charge in [0.15, 0.2) is 0 Å². The molecule has 21 heavy (non-hydrogen) atoms. The van der Waals surface area contributed by atoms with E-state index < -0.39 is 27.9 Å². The molecule has 0 saturated heterocycles. The van der Waals surface area contributed by atoms with Crippen molar-refractivity contribution in [3.8, 4) is 11.5 Å². The number of nitrogens with one attached hydrogen (secondary N) is 1. The van der Waals surface area contributed by atoms with Crippen LogP contribution < -0.4 is 14.2 Å². The van der Waals surface area contributed by atoms with E-state index in [9.17, 15) is 13.2 Å². The molecule has 1 amide bonds. The zero-order valence-electron chi connectivity index (χ0n) is 12.2. The van der Waals surface area contributed by atoms with Crippen molar-refractivity contribution >= 4 is 16.2 Å². The summed E-state index contributed by atoms with van der Waals surface area (Å²) < 4.78 is 38.0. The number of hydrogen-bond donors (Lipinski definition) is 1. The minimum absolute atomic E-state index is 0.188. The third-order valence-corrected chi connectivity index (χ3v) is 3.63. The van der Waals surface area contributed by atoms with Gasteiger partial charge in [-0.05, 0) is 32.0 Å². The first-order valence-electron chi connectivity index (χ1n) is 6.22. The third-order valence-electron chi connectivity index (χ3n) is 3.13. The van der Waals surface area contributed by atoms with Gasteiger partial charge in [0.05, 0.1) is 11.7 Å². The first-order chi connectivity index (χ1) is 9.63.